The summed E-state index contributed by atoms with van der Waals surface area (Å²) in [5.74, 6) is 0. The van der Waals surface area contributed by atoms with Gasteiger partial charge in [0.25, 0.3) is 0 Å². The maximum atomic E-state index is 10.9. The van der Waals surface area contributed by atoms with E-state index >= 15 is 0 Å². The largest absolute Gasteiger partial charge is 0.369 e. The van der Waals surface area contributed by atoms with Crippen molar-refractivity contribution < 1.29 is 4.79 Å². The van der Waals surface area contributed by atoms with E-state index in [4.69, 9.17) is 10.5 Å². The minimum atomic E-state index is 0.374. The maximum Gasteiger partial charge on any atom is 0.152 e. The van der Waals surface area contributed by atoms with E-state index in [1.807, 2.05) is 17.0 Å². The van der Waals surface area contributed by atoms with E-state index in [1.165, 1.54) is 0 Å². The Kier molecular flexibility index (Phi) is 5.27. The zero-order valence-electron chi connectivity index (χ0n) is 9.47. The summed E-state index contributed by atoms with van der Waals surface area (Å²) in [5.41, 5.74) is 1.37. The molecule has 0 spiro atoms. The van der Waals surface area contributed by atoms with Gasteiger partial charge in [-0.25, -0.2) is 0 Å². The topological polar surface area (TPSA) is 67.9 Å². The highest BCUT2D eigenvalue weighted by Gasteiger charge is 2.09. The zero-order valence-corrected chi connectivity index (χ0v) is 9.47. The predicted molar refractivity (Wildman–Crippen MR) is 64.5 cm³/mol. The molecule has 0 N–H and O–H groups in total. The lowest BCUT2D eigenvalue weighted by atomic mass is 10.1. The van der Waals surface area contributed by atoms with E-state index in [9.17, 15) is 4.79 Å². The first-order chi connectivity index (χ1) is 8.33. The van der Waals surface area contributed by atoms with Crippen LogP contribution in [-0.4, -0.2) is 19.4 Å². The average Bonchev–Trinajstić information content (AvgIpc) is 2.39. The molecule has 86 valence electrons. The third-order valence-corrected chi connectivity index (χ3v) is 2.39. The number of carbonyl (C=O) groups is 1. The average molecular weight is 227 g/mol. The van der Waals surface area contributed by atoms with Crippen LogP contribution in [0, 0.1) is 22.7 Å². The highest BCUT2D eigenvalue weighted by atomic mass is 16.1. The van der Waals surface area contributed by atoms with Gasteiger partial charge < -0.3 is 4.90 Å². The quantitative estimate of drug-likeness (QED) is 0.698. The fourth-order valence-corrected chi connectivity index (χ4v) is 1.60. The summed E-state index contributed by atoms with van der Waals surface area (Å²) >= 11 is 0. The van der Waals surface area contributed by atoms with Gasteiger partial charge in [0.1, 0.15) is 0 Å². The minimum Gasteiger partial charge on any atom is -0.369 e. The summed E-state index contributed by atoms with van der Waals surface area (Å²) in [4.78, 5) is 12.8. The van der Waals surface area contributed by atoms with Crippen LogP contribution < -0.4 is 4.90 Å². The number of aldehydes is 1. The molecule has 0 amide bonds. The molecule has 4 heteroatoms. The Bertz CT molecular complexity index is 438. The molecule has 0 aliphatic heterocycles. The van der Waals surface area contributed by atoms with Crippen molar-refractivity contribution in [3.05, 3.63) is 29.8 Å². The Morgan fingerprint density at radius 3 is 2.24 bits per heavy atom. The smallest absolute Gasteiger partial charge is 0.152 e. The van der Waals surface area contributed by atoms with E-state index in [-0.39, 0.29) is 0 Å². The molecule has 0 radical (unpaired) electrons. The molecule has 0 aliphatic rings. The predicted octanol–water partition coefficient (Wildman–Crippen LogP) is 2.13. The number of nitriles is 2. The number of anilines is 1. The Hall–Kier alpha value is -2.33. The van der Waals surface area contributed by atoms with Gasteiger partial charge >= 0.3 is 0 Å². The molecule has 1 aromatic carbocycles. The van der Waals surface area contributed by atoms with Crippen LogP contribution in [0.4, 0.5) is 5.69 Å². The molecule has 0 heterocycles. The van der Waals surface area contributed by atoms with Crippen LogP contribution in [0.2, 0.25) is 0 Å². The van der Waals surface area contributed by atoms with Crippen LogP contribution in [0.15, 0.2) is 24.3 Å². The zero-order chi connectivity index (χ0) is 12.5. The second-order valence-electron chi connectivity index (χ2n) is 3.48. The number of benzene rings is 1. The Morgan fingerprint density at radius 2 is 1.71 bits per heavy atom. The van der Waals surface area contributed by atoms with Crippen LogP contribution in [0.1, 0.15) is 23.2 Å². The summed E-state index contributed by atoms with van der Waals surface area (Å²) in [6.45, 7) is 1.06. The van der Waals surface area contributed by atoms with Gasteiger partial charge in [0.05, 0.1) is 25.0 Å². The Balaban J connectivity index is 2.91. The lowest BCUT2D eigenvalue weighted by molar-refractivity contribution is 0.112. The van der Waals surface area contributed by atoms with Gasteiger partial charge in [0.2, 0.25) is 0 Å². The van der Waals surface area contributed by atoms with Gasteiger partial charge in [0, 0.05) is 24.3 Å². The normalized spacial score (nSPS) is 9.06. The number of carbonyl (C=O) groups excluding carboxylic acids is 1. The fourth-order valence-electron chi connectivity index (χ4n) is 1.60. The van der Waals surface area contributed by atoms with Crippen LogP contribution >= 0.6 is 0 Å². The summed E-state index contributed by atoms with van der Waals surface area (Å²) in [6, 6.07) is 11.3. The molecule has 0 saturated carbocycles. The van der Waals surface area contributed by atoms with Gasteiger partial charge in [-0.3, -0.25) is 4.79 Å². The third-order valence-electron chi connectivity index (χ3n) is 2.39. The van der Waals surface area contributed by atoms with Crippen molar-refractivity contribution in [2.75, 3.05) is 18.0 Å². The lowest BCUT2D eigenvalue weighted by Crippen LogP contribution is -2.26. The molecule has 0 aromatic heterocycles. The van der Waals surface area contributed by atoms with Gasteiger partial charge in [0.15, 0.2) is 6.29 Å². The highest BCUT2D eigenvalue weighted by molar-refractivity contribution is 5.84. The van der Waals surface area contributed by atoms with E-state index in [1.54, 1.807) is 12.1 Å². The molecule has 1 aromatic rings. The van der Waals surface area contributed by atoms with Crippen molar-refractivity contribution in [1.29, 1.82) is 10.5 Å². The van der Waals surface area contributed by atoms with E-state index in [0.29, 0.717) is 31.5 Å². The van der Waals surface area contributed by atoms with E-state index < -0.39 is 0 Å². The highest BCUT2D eigenvalue weighted by Crippen LogP contribution is 2.19. The van der Waals surface area contributed by atoms with Crippen molar-refractivity contribution in [3.63, 3.8) is 0 Å². The van der Waals surface area contributed by atoms with Crippen molar-refractivity contribution in [1.82, 2.24) is 0 Å². The van der Waals surface area contributed by atoms with Crippen LogP contribution in [0.25, 0.3) is 0 Å². The maximum absolute atomic E-state index is 10.9. The Morgan fingerprint density at radius 1 is 1.12 bits per heavy atom. The van der Waals surface area contributed by atoms with Crippen LogP contribution in [-0.2, 0) is 0 Å². The molecule has 1 rings (SSSR count). The second-order valence-corrected chi connectivity index (χ2v) is 3.48. The first-order valence-electron chi connectivity index (χ1n) is 5.36. The number of nitrogens with zero attached hydrogens (tertiary/aromatic N) is 3. The summed E-state index contributed by atoms with van der Waals surface area (Å²) in [6.07, 6.45) is 1.54. The monoisotopic (exact) mass is 227 g/mol. The summed E-state index contributed by atoms with van der Waals surface area (Å²) in [5, 5.41) is 17.2. The first kappa shape index (κ1) is 12.7. The van der Waals surface area contributed by atoms with Crippen LogP contribution in [0.3, 0.4) is 0 Å². The number of hydrogen-bond acceptors (Lipinski definition) is 4. The van der Waals surface area contributed by atoms with E-state index in [2.05, 4.69) is 12.1 Å². The summed E-state index contributed by atoms with van der Waals surface area (Å²) in [7, 11) is 0. The molecular weight excluding hydrogens is 214 g/mol. The fraction of sp³-hybridized carbons (Fsp3) is 0.308. The molecular formula is C13H13N3O. The van der Waals surface area contributed by atoms with Crippen molar-refractivity contribution in [2.45, 2.75) is 12.8 Å². The molecule has 0 fully saturated rings. The van der Waals surface area contributed by atoms with Gasteiger partial charge in [-0.1, -0.05) is 12.1 Å². The number of para-hydroxylation sites is 1. The van der Waals surface area contributed by atoms with E-state index in [0.717, 1.165) is 12.0 Å². The van der Waals surface area contributed by atoms with Crippen molar-refractivity contribution in [3.8, 4) is 12.1 Å². The molecule has 0 bridgehead atoms. The third kappa shape index (κ3) is 3.62. The van der Waals surface area contributed by atoms with Gasteiger partial charge in [-0.2, -0.15) is 10.5 Å². The van der Waals surface area contributed by atoms with Crippen molar-refractivity contribution in [2.24, 2.45) is 0 Å². The molecule has 0 unspecified atom stereocenters. The molecule has 4 nitrogen and oxygen atoms in total. The molecule has 17 heavy (non-hydrogen) atoms. The lowest BCUT2D eigenvalue weighted by Gasteiger charge is -2.23. The number of hydrogen-bond donors (Lipinski definition) is 0. The van der Waals surface area contributed by atoms with Gasteiger partial charge in [-0.15, -0.1) is 0 Å². The first-order valence-corrected chi connectivity index (χ1v) is 5.36. The van der Waals surface area contributed by atoms with Crippen molar-refractivity contribution >= 4 is 12.0 Å². The molecule has 0 atom stereocenters. The number of rotatable bonds is 6. The Labute approximate surface area is 101 Å². The summed E-state index contributed by atoms with van der Waals surface area (Å²) < 4.78 is 0. The molecule has 0 saturated heterocycles. The van der Waals surface area contributed by atoms with Gasteiger partial charge in [-0.05, 0) is 12.1 Å². The standard InChI is InChI=1S/C13H13N3O/c14-7-3-9-16(10-4-8-15)13-6-2-1-5-12(13)11-17/h1-2,5-6,11H,3-4,9-10H2. The second kappa shape index (κ2) is 7.03. The minimum absolute atomic E-state index is 0.374. The molecule has 0 aliphatic carbocycles. The SMILES string of the molecule is N#CCCN(CCC#N)c1ccccc1C=O. The van der Waals surface area contributed by atoms with Crippen LogP contribution in [0.5, 0.6) is 0 Å².